The van der Waals surface area contributed by atoms with E-state index in [1.54, 1.807) is 61.7 Å². The molecular weight excluding hydrogens is 349 g/mol. The molecule has 0 unspecified atom stereocenters. The van der Waals surface area contributed by atoms with Crippen molar-refractivity contribution in [2.24, 2.45) is 0 Å². The summed E-state index contributed by atoms with van der Waals surface area (Å²) in [5.41, 5.74) is 1.44. The quantitative estimate of drug-likeness (QED) is 0.690. The molecule has 1 N–H and O–H groups in total. The highest BCUT2D eigenvalue weighted by Gasteiger charge is 2.12. The number of ether oxygens (including phenoxy) is 1. The van der Waals surface area contributed by atoms with Crippen molar-refractivity contribution in [2.75, 3.05) is 26.0 Å². The van der Waals surface area contributed by atoms with Crippen LogP contribution in [0.1, 0.15) is 5.89 Å². The molecule has 0 aliphatic carbocycles. The Morgan fingerprint density at radius 1 is 1.19 bits per heavy atom. The number of hydrogen-bond donors (Lipinski definition) is 1. The molecule has 0 fully saturated rings. The highest BCUT2D eigenvalue weighted by atomic mass is 19.1. The second-order valence-electron chi connectivity index (χ2n) is 6.07. The van der Waals surface area contributed by atoms with Gasteiger partial charge >= 0.3 is 0 Å². The van der Waals surface area contributed by atoms with Gasteiger partial charge in [-0.3, -0.25) is 9.69 Å². The van der Waals surface area contributed by atoms with Gasteiger partial charge in [-0.2, -0.15) is 0 Å². The summed E-state index contributed by atoms with van der Waals surface area (Å²) in [6.45, 7) is 0.553. The van der Waals surface area contributed by atoms with Gasteiger partial charge in [-0.15, -0.1) is 0 Å². The Morgan fingerprint density at radius 3 is 2.56 bits per heavy atom. The molecule has 0 aliphatic heterocycles. The Bertz CT molecular complexity index is 892. The summed E-state index contributed by atoms with van der Waals surface area (Å²) in [4.78, 5) is 18.2. The molecule has 3 rings (SSSR count). The number of rotatable bonds is 7. The Morgan fingerprint density at radius 2 is 1.89 bits per heavy atom. The van der Waals surface area contributed by atoms with E-state index >= 15 is 0 Å². The van der Waals surface area contributed by atoms with Crippen LogP contribution in [0.25, 0.3) is 11.3 Å². The zero-order chi connectivity index (χ0) is 19.2. The van der Waals surface area contributed by atoms with Gasteiger partial charge in [0, 0.05) is 11.3 Å². The van der Waals surface area contributed by atoms with E-state index in [1.807, 2.05) is 0 Å². The fraction of sp³-hybridized carbons (Fsp3) is 0.200. The molecular formula is C20H20FN3O3. The fourth-order valence-electron chi connectivity index (χ4n) is 2.54. The van der Waals surface area contributed by atoms with Crippen molar-refractivity contribution in [1.82, 2.24) is 9.88 Å². The molecule has 1 heterocycles. The number of nitrogens with one attached hydrogen (secondary N) is 1. The predicted octanol–water partition coefficient (Wildman–Crippen LogP) is 3.56. The van der Waals surface area contributed by atoms with Gasteiger partial charge in [0.05, 0.1) is 26.4 Å². The molecule has 0 atom stereocenters. The maximum Gasteiger partial charge on any atom is 0.238 e. The zero-order valence-electron chi connectivity index (χ0n) is 15.1. The van der Waals surface area contributed by atoms with Crippen LogP contribution in [0.15, 0.2) is 59.1 Å². The minimum absolute atomic E-state index is 0.145. The minimum atomic E-state index is -0.305. The number of anilines is 1. The number of carbonyl (C=O) groups is 1. The monoisotopic (exact) mass is 369 g/mol. The maximum atomic E-state index is 13.0. The Kier molecular flexibility index (Phi) is 5.83. The molecule has 140 valence electrons. The summed E-state index contributed by atoms with van der Waals surface area (Å²) in [7, 11) is 3.39. The standard InChI is InChI=1S/C20H20FN3O3/c1-24(12-19(25)23-16-7-9-17(26-2)10-8-16)13-20-22-11-18(27-20)14-3-5-15(21)6-4-14/h3-11H,12-13H2,1-2H3,(H,23,25). The van der Waals surface area contributed by atoms with Crippen LogP contribution in [0, 0.1) is 5.82 Å². The third-order valence-corrected chi connectivity index (χ3v) is 3.87. The molecule has 0 saturated carbocycles. The molecule has 27 heavy (non-hydrogen) atoms. The lowest BCUT2D eigenvalue weighted by Gasteiger charge is -2.14. The van der Waals surface area contributed by atoms with Crippen molar-refractivity contribution in [3.05, 3.63) is 66.4 Å². The number of benzene rings is 2. The van der Waals surface area contributed by atoms with Gasteiger partial charge in [-0.25, -0.2) is 9.37 Å². The average molecular weight is 369 g/mol. The normalized spacial score (nSPS) is 10.8. The van der Waals surface area contributed by atoms with Gasteiger partial charge in [0.15, 0.2) is 5.76 Å². The van der Waals surface area contributed by atoms with Crippen molar-refractivity contribution in [1.29, 1.82) is 0 Å². The number of halogens is 1. The van der Waals surface area contributed by atoms with Gasteiger partial charge < -0.3 is 14.5 Å². The summed E-state index contributed by atoms with van der Waals surface area (Å²) in [5.74, 6) is 1.32. The van der Waals surface area contributed by atoms with Crippen LogP contribution in [0.2, 0.25) is 0 Å². The third kappa shape index (κ3) is 5.15. The minimum Gasteiger partial charge on any atom is -0.497 e. The van der Waals surface area contributed by atoms with Gasteiger partial charge in [0.1, 0.15) is 11.6 Å². The topological polar surface area (TPSA) is 67.6 Å². The molecule has 0 saturated heterocycles. The third-order valence-electron chi connectivity index (χ3n) is 3.87. The van der Waals surface area contributed by atoms with Gasteiger partial charge in [-0.05, 0) is 55.6 Å². The lowest BCUT2D eigenvalue weighted by atomic mass is 10.2. The molecule has 0 spiro atoms. The molecule has 0 radical (unpaired) electrons. The first-order chi connectivity index (χ1) is 13.0. The van der Waals surface area contributed by atoms with E-state index in [9.17, 15) is 9.18 Å². The first-order valence-corrected chi connectivity index (χ1v) is 8.36. The molecule has 7 heteroatoms. The molecule has 0 bridgehead atoms. The van der Waals surface area contributed by atoms with E-state index in [-0.39, 0.29) is 18.3 Å². The molecule has 6 nitrogen and oxygen atoms in total. The van der Waals surface area contributed by atoms with Crippen LogP contribution in [-0.4, -0.2) is 36.5 Å². The van der Waals surface area contributed by atoms with Crippen LogP contribution >= 0.6 is 0 Å². The Balaban J connectivity index is 1.53. The van der Waals surface area contributed by atoms with Gasteiger partial charge in [-0.1, -0.05) is 0 Å². The highest BCUT2D eigenvalue weighted by Crippen LogP contribution is 2.21. The molecule has 0 aliphatic rings. The summed E-state index contributed by atoms with van der Waals surface area (Å²) < 4.78 is 23.8. The van der Waals surface area contributed by atoms with E-state index in [1.165, 1.54) is 12.1 Å². The van der Waals surface area contributed by atoms with Gasteiger partial charge in [0.2, 0.25) is 11.8 Å². The fourth-order valence-corrected chi connectivity index (χ4v) is 2.54. The zero-order valence-corrected chi connectivity index (χ0v) is 15.1. The van der Waals surface area contributed by atoms with Crippen LogP contribution in [-0.2, 0) is 11.3 Å². The maximum absolute atomic E-state index is 13.0. The highest BCUT2D eigenvalue weighted by molar-refractivity contribution is 5.92. The predicted molar refractivity (Wildman–Crippen MR) is 99.9 cm³/mol. The largest absolute Gasteiger partial charge is 0.497 e. The molecule has 1 amide bonds. The number of oxazole rings is 1. The number of carbonyl (C=O) groups excluding carboxylic acids is 1. The molecule has 2 aromatic carbocycles. The first-order valence-electron chi connectivity index (χ1n) is 8.36. The van der Waals surface area contributed by atoms with Crippen molar-refractivity contribution < 1.29 is 18.3 Å². The summed E-state index contributed by atoms with van der Waals surface area (Å²) in [5, 5.41) is 2.82. The number of likely N-dealkylation sites (N-methyl/N-ethyl adjacent to an activating group) is 1. The van der Waals surface area contributed by atoms with Crippen LogP contribution in [0.4, 0.5) is 10.1 Å². The van der Waals surface area contributed by atoms with Crippen molar-refractivity contribution >= 4 is 11.6 Å². The Hall–Kier alpha value is -3.19. The van der Waals surface area contributed by atoms with E-state index < -0.39 is 0 Å². The van der Waals surface area contributed by atoms with Crippen molar-refractivity contribution in [2.45, 2.75) is 6.54 Å². The molecule has 1 aromatic heterocycles. The number of aromatic nitrogens is 1. The van der Waals surface area contributed by atoms with E-state index in [2.05, 4.69) is 10.3 Å². The van der Waals surface area contributed by atoms with Crippen LogP contribution < -0.4 is 10.1 Å². The number of nitrogens with zero attached hydrogens (tertiary/aromatic N) is 2. The second kappa shape index (κ2) is 8.46. The van der Waals surface area contributed by atoms with Gasteiger partial charge in [0.25, 0.3) is 0 Å². The summed E-state index contributed by atoms with van der Waals surface area (Å²) in [6.07, 6.45) is 1.59. The summed E-state index contributed by atoms with van der Waals surface area (Å²) >= 11 is 0. The second-order valence-corrected chi connectivity index (χ2v) is 6.07. The first kappa shape index (κ1) is 18.6. The smallest absolute Gasteiger partial charge is 0.238 e. The van der Waals surface area contributed by atoms with Crippen molar-refractivity contribution in [3.63, 3.8) is 0 Å². The number of hydrogen-bond acceptors (Lipinski definition) is 5. The van der Waals surface area contributed by atoms with Crippen molar-refractivity contribution in [3.8, 4) is 17.1 Å². The van der Waals surface area contributed by atoms with E-state index in [4.69, 9.17) is 9.15 Å². The number of amides is 1. The summed E-state index contributed by atoms with van der Waals surface area (Å²) in [6, 6.07) is 13.1. The van der Waals surface area contributed by atoms with Crippen LogP contribution in [0.3, 0.4) is 0 Å². The Labute approximate surface area is 156 Å². The molecule has 3 aromatic rings. The lowest BCUT2D eigenvalue weighted by molar-refractivity contribution is -0.117. The SMILES string of the molecule is COc1ccc(NC(=O)CN(C)Cc2ncc(-c3ccc(F)cc3)o2)cc1. The average Bonchev–Trinajstić information content (AvgIpc) is 3.11. The number of methoxy groups -OCH3 is 1. The van der Waals surface area contributed by atoms with E-state index in [0.29, 0.717) is 23.9 Å². The lowest BCUT2D eigenvalue weighted by Crippen LogP contribution is -2.29. The van der Waals surface area contributed by atoms with Crippen LogP contribution in [0.5, 0.6) is 5.75 Å². The van der Waals surface area contributed by atoms with E-state index in [0.717, 1.165) is 11.3 Å².